The number of ketones is 2. The standard InChI is InChI=1S/C24H16O3/c25-22-18-13-7-8-14-19(18)23(26)24(22)20(16-9-3-1-4-10-16)15-21(27-24)17-11-5-2-6-12-17/h1-15,20H/t20-/m1/s1. The van der Waals surface area contributed by atoms with Gasteiger partial charge in [-0.1, -0.05) is 84.9 Å². The van der Waals surface area contributed by atoms with Crippen LogP contribution in [0.25, 0.3) is 5.76 Å². The Kier molecular flexibility index (Phi) is 3.37. The highest BCUT2D eigenvalue weighted by Crippen LogP contribution is 2.50. The van der Waals surface area contributed by atoms with Crippen LogP contribution in [0, 0.1) is 0 Å². The SMILES string of the molecule is O=C1c2ccccc2C(=O)C12OC(c1ccccc1)=C[C@@H]2c1ccccc1. The number of carbonyl (C=O) groups excluding carboxylic acids is 2. The summed E-state index contributed by atoms with van der Waals surface area (Å²) in [6, 6.07) is 26.2. The fourth-order valence-electron chi connectivity index (χ4n) is 4.05. The van der Waals surface area contributed by atoms with Crippen molar-refractivity contribution in [1.29, 1.82) is 0 Å². The maximum absolute atomic E-state index is 13.4. The Morgan fingerprint density at radius 2 is 1.19 bits per heavy atom. The lowest BCUT2D eigenvalue weighted by Gasteiger charge is -2.28. The Balaban J connectivity index is 1.71. The number of rotatable bonds is 2. The maximum atomic E-state index is 13.4. The Labute approximate surface area is 156 Å². The lowest BCUT2D eigenvalue weighted by atomic mass is 9.79. The van der Waals surface area contributed by atoms with Crippen LogP contribution in [-0.4, -0.2) is 17.2 Å². The third kappa shape index (κ3) is 2.15. The van der Waals surface area contributed by atoms with Crippen molar-refractivity contribution in [3.63, 3.8) is 0 Å². The minimum atomic E-state index is -1.56. The van der Waals surface area contributed by atoms with Crippen LogP contribution in [0.3, 0.4) is 0 Å². The normalized spacial score (nSPS) is 19.7. The van der Waals surface area contributed by atoms with Crippen LogP contribution >= 0.6 is 0 Å². The summed E-state index contributed by atoms with van der Waals surface area (Å²) in [6.45, 7) is 0. The molecule has 3 nitrogen and oxygen atoms in total. The summed E-state index contributed by atoms with van der Waals surface area (Å²) >= 11 is 0. The summed E-state index contributed by atoms with van der Waals surface area (Å²) in [4.78, 5) is 26.8. The first-order valence-corrected chi connectivity index (χ1v) is 8.91. The van der Waals surface area contributed by atoms with Gasteiger partial charge in [0.2, 0.25) is 17.2 Å². The number of Topliss-reactive ketones (excluding diaryl/α,β-unsaturated/α-hetero) is 2. The van der Waals surface area contributed by atoms with Gasteiger partial charge in [0.25, 0.3) is 0 Å². The van der Waals surface area contributed by atoms with Gasteiger partial charge >= 0.3 is 0 Å². The van der Waals surface area contributed by atoms with Crippen LogP contribution in [0.5, 0.6) is 0 Å². The average Bonchev–Trinajstić information content (AvgIpc) is 3.24. The van der Waals surface area contributed by atoms with Gasteiger partial charge in [-0.25, -0.2) is 0 Å². The topological polar surface area (TPSA) is 43.4 Å². The van der Waals surface area contributed by atoms with Crippen molar-refractivity contribution in [2.24, 2.45) is 0 Å². The Morgan fingerprint density at radius 3 is 1.78 bits per heavy atom. The second kappa shape index (κ2) is 5.78. The Bertz CT molecular complexity index is 1050. The van der Waals surface area contributed by atoms with Gasteiger partial charge in [-0.05, 0) is 11.6 Å². The zero-order valence-electron chi connectivity index (χ0n) is 14.5. The van der Waals surface area contributed by atoms with Gasteiger partial charge in [0.05, 0.1) is 5.92 Å². The van der Waals surface area contributed by atoms with Gasteiger partial charge in [-0.3, -0.25) is 9.59 Å². The molecule has 1 heterocycles. The number of hydrogen-bond acceptors (Lipinski definition) is 3. The molecule has 0 unspecified atom stereocenters. The smallest absolute Gasteiger partial charge is 0.243 e. The van der Waals surface area contributed by atoms with Gasteiger partial charge in [-0.15, -0.1) is 0 Å². The van der Waals surface area contributed by atoms with Crippen LogP contribution in [0.4, 0.5) is 0 Å². The molecule has 0 bridgehead atoms. The van der Waals surface area contributed by atoms with Crippen molar-refractivity contribution in [1.82, 2.24) is 0 Å². The predicted octanol–water partition coefficient (Wildman–Crippen LogP) is 4.66. The van der Waals surface area contributed by atoms with Gasteiger partial charge in [0, 0.05) is 16.7 Å². The van der Waals surface area contributed by atoms with Crippen LogP contribution in [-0.2, 0) is 4.74 Å². The summed E-state index contributed by atoms with van der Waals surface area (Å²) < 4.78 is 6.23. The molecule has 0 radical (unpaired) electrons. The molecule has 0 N–H and O–H groups in total. The lowest BCUT2D eigenvalue weighted by Crippen LogP contribution is -2.46. The first-order valence-electron chi connectivity index (χ1n) is 8.91. The summed E-state index contributed by atoms with van der Waals surface area (Å²) in [7, 11) is 0. The van der Waals surface area contributed by atoms with Gasteiger partial charge in [-0.2, -0.15) is 0 Å². The van der Waals surface area contributed by atoms with Crippen LogP contribution in [0.2, 0.25) is 0 Å². The van der Waals surface area contributed by atoms with Crippen LogP contribution in [0.15, 0.2) is 91.0 Å². The molecule has 2 aliphatic rings. The fraction of sp³-hybridized carbons (Fsp3) is 0.0833. The number of ether oxygens (including phenoxy) is 1. The predicted molar refractivity (Wildman–Crippen MR) is 103 cm³/mol. The van der Waals surface area contributed by atoms with E-state index in [0.717, 1.165) is 11.1 Å². The molecule has 1 aliphatic heterocycles. The molecule has 1 atom stereocenters. The van der Waals surface area contributed by atoms with Crippen molar-refractivity contribution in [3.8, 4) is 0 Å². The second-order valence-corrected chi connectivity index (χ2v) is 6.83. The fourth-order valence-corrected chi connectivity index (χ4v) is 4.05. The third-order valence-electron chi connectivity index (χ3n) is 5.33. The van der Waals surface area contributed by atoms with Gasteiger partial charge in [0.15, 0.2) is 0 Å². The molecule has 3 aromatic carbocycles. The molecule has 130 valence electrons. The first kappa shape index (κ1) is 15.8. The van der Waals surface area contributed by atoms with E-state index >= 15 is 0 Å². The van der Waals surface area contributed by atoms with E-state index in [-0.39, 0.29) is 11.6 Å². The number of hydrogen-bond donors (Lipinski definition) is 0. The van der Waals surface area contributed by atoms with Crippen molar-refractivity contribution >= 4 is 17.3 Å². The molecule has 0 saturated heterocycles. The van der Waals surface area contributed by atoms with E-state index < -0.39 is 11.5 Å². The lowest BCUT2D eigenvalue weighted by molar-refractivity contribution is 0.0351. The molecule has 0 saturated carbocycles. The largest absolute Gasteiger partial charge is 0.469 e. The van der Waals surface area contributed by atoms with Crippen LogP contribution in [0.1, 0.15) is 37.8 Å². The van der Waals surface area contributed by atoms with Crippen molar-refractivity contribution < 1.29 is 14.3 Å². The molecular weight excluding hydrogens is 336 g/mol. The van der Waals surface area contributed by atoms with Gasteiger partial charge < -0.3 is 4.74 Å². The summed E-state index contributed by atoms with van der Waals surface area (Å²) in [5.41, 5.74) is 1.05. The number of fused-ring (bicyclic) bond motifs is 1. The van der Waals surface area contributed by atoms with Crippen LogP contribution < -0.4 is 0 Å². The molecule has 3 heteroatoms. The van der Waals surface area contributed by atoms with Crippen molar-refractivity contribution in [2.75, 3.05) is 0 Å². The molecule has 27 heavy (non-hydrogen) atoms. The zero-order valence-corrected chi connectivity index (χ0v) is 14.5. The molecule has 3 aromatic rings. The second-order valence-electron chi connectivity index (χ2n) is 6.83. The first-order chi connectivity index (χ1) is 13.2. The average molecular weight is 352 g/mol. The molecule has 1 aliphatic carbocycles. The molecule has 1 spiro atoms. The summed E-state index contributed by atoms with van der Waals surface area (Å²) in [5, 5.41) is 0. The highest BCUT2D eigenvalue weighted by molar-refractivity contribution is 6.33. The number of benzene rings is 3. The van der Waals surface area contributed by atoms with E-state index in [0.29, 0.717) is 16.9 Å². The molecule has 0 amide bonds. The highest BCUT2D eigenvalue weighted by Gasteiger charge is 2.62. The minimum absolute atomic E-state index is 0.265. The quantitative estimate of drug-likeness (QED) is 0.630. The monoisotopic (exact) mass is 352 g/mol. The zero-order chi connectivity index (χ0) is 18.4. The van der Waals surface area contributed by atoms with E-state index in [4.69, 9.17) is 4.74 Å². The molecule has 0 aromatic heterocycles. The van der Waals surface area contributed by atoms with E-state index in [1.54, 1.807) is 24.3 Å². The van der Waals surface area contributed by atoms with Crippen molar-refractivity contribution in [2.45, 2.75) is 11.5 Å². The summed E-state index contributed by atoms with van der Waals surface area (Å²) in [6.07, 6.45) is 1.91. The van der Waals surface area contributed by atoms with Gasteiger partial charge in [0.1, 0.15) is 5.76 Å². The Hall–Kier alpha value is -3.46. The molecule has 5 rings (SSSR count). The number of carbonyl (C=O) groups is 2. The van der Waals surface area contributed by atoms with E-state index in [1.807, 2.05) is 66.7 Å². The Morgan fingerprint density at radius 1 is 0.667 bits per heavy atom. The van der Waals surface area contributed by atoms with E-state index in [9.17, 15) is 9.59 Å². The minimum Gasteiger partial charge on any atom is -0.469 e. The van der Waals surface area contributed by atoms with E-state index in [2.05, 4.69) is 0 Å². The molecule has 0 fully saturated rings. The van der Waals surface area contributed by atoms with E-state index in [1.165, 1.54) is 0 Å². The van der Waals surface area contributed by atoms with Crippen molar-refractivity contribution in [3.05, 3.63) is 113 Å². The maximum Gasteiger partial charge on any atom is 0.243 e. The summed E-state index contributed by atoms with van der Waals surface area (Å²) in [5.74, 6) is -0.432. The highest BCUT2D eigenvalue weighted by atomic mass is 16.5. The molecular formula is C24H16O3. The third-order valence-corrected chi connectivity index (χ3v) is 5.33.